The summed E-state index contributed by atoms with van der Waals surface area (Å²) in [6, 6.07) is 4.83. The van der Waals surface area contributed by atoms with Crippen molar-refractivity contribution < 1.29 is 4.42 Å². The first-order valence-corrected chi connectivity index (χ1v) is 7.11. The molecule has 1 aliphatic carbocycles. The molecule has 3 rings (SSSR count). The number of nitrogens with zero attached hydrogens (tertiary/aromatic N) is 2. The van der Waals surface area contributed by atoms with Crippen LogP contribution in [0.2, 0.25) is 0 Å². The molecule has 0 spiro atoms. The van der Waals surface area contributed by atoms with Gasteiger partial charge in [0.1, 0.15) is 11.5 Å². The Bertz CT molecular complexity index is 551. The Labute approximate surface area is 113 Å². The van der Waals surface area contributed by atoms with E-state index < -0.39 is 0 Å². The lowest BCUT2D eigenvalue weighted by atomic mass is 10.1. The maximum atomic E-state index is 5.93. The van der Waals surface area contributed by atoms with Crippen LogP contribution in [0.1, 0.15) is 37.6 Å². The largest absolute Gasteiger partial charge is 0.460 e. The Morgan fingerprint density at radius 1 is 1.42 bits per heavy atom. The topological polar surface area (TPSA) is 43.0 Å². The molecule has 4 heteroatoms. The lowest BCUT2D eigenvalue weighted by Gasteiger charge is -1.99. The summed E-state index contributed by atoms with van der Waals surface area (Å²) in [5, 5.41) is 7.98. The van der Waals surface area contributed by atoms with E-state index in [4.69, 9.17) is 4.42 Å². The maximum Gasteiger partial charge on any atom is 0.137 e. The highest BCUT2D eigenvalue weighted by Crippen LogP contribution is 2.26. The van der Waals surface area contributed by atoms with E-state index in [1.807, 2.05) is 17.9 Å². The minimum atomic E-state index is 0.711. The monoisotopic (exact) mass is 259 g/mol. The first kappa shape index (κ1) is 12.5. The third-order valence-corrected chi connectivity index (χ3v) is 3.46. The fourth-order valence-electron chi connectivity index (χ4n) is 2.31. The molecular weight excluding hydrogens is 238 g/mol. The second kappa shape index (κ2) is 5.21. The zero-order chi connectivity index (χ0) is 13.2. The van der Waals surface area contributed by atoms with Crippen molar-refractivity contribution >= 4 is 0 Å². The zero-order valence-electron chi connectivity index (χ0n) is 11.6. The molecule has 0 unspecified atom stereocenters. The number of hydrogen-bond acceptors (Lipinski definition) is 3. The van der Waals surface area contributed by atoms with Gasteiger partial charge in [0.2, 0.25) is 0 Å². The molecule has 1 aliphatic rings. The number of furan rings is 1. The third kappa shape index (κ3) is 2.89. The fourth-order valence-corrected chi connectivity index (χ4v) is 2.31. The molecule has 0 atom stereocenters. The van der Waals surface area contributed by atoms with Gasteiger partial charge in [-0.25, -0.2) is 0 Å². The van der Waals surface area contributed by atoms with Gasteiger partial charge in [0.05, 0.1) is 17.8 Å². The van der Waals surface area contributed by atoms with E-state index in [1.54, 1.807) is 0 Å². The van der Waals surface area contributed by atoms with Gasteiger partial charge < -0.3 is 9.73 Å². The molecule has 1 saturated carbocycles. The summed E-state index contributed by atoms with van der Waals surface area (Å²) in [5.41, 5.74) is 2.25. The van der Waals surface area contributed by atoms with Crippen LogP contribution in [-0.4, -0.2) is 15.8 Å². The minimum absolute atomic E-state index is 0.711. The van der Waals surface area contributed by atoms with E-state index in [-0.39, 0.29) is 0 Å². The Hall–Kier alpha value is -1.55. The highest BCUT2D eigenvalue weighted by molar-refractivity contribution is 5.59. The zero-order valence-corrected chi connectivity index (χ0v) is 11.6. The van der Waals surface area contributed by atoms with Gasteiger partial charge in [0, 0.05) is 19.3 Å². The average Bonchev–Trinajstić information content (AvgIpc) is 2.98. The van der Waals surface area contributed by atoms with E-state index >= 15 is 0 Å². The molecular formula is C15H21N3O. The molecule has 1 N–H and O–H groups in total. The highest BCUT2D eigenvalue weighted by atomic mass is 16.3. The molecule has 0 bridgehead atoms. The third-order valence-electron chi connectivity index (χ3n) is 3.46. The summed E-state index contributed by atoms with van der Waals surface area (Å²) in [6.07, 6.45) is 6.74. The van der Waals surface area contributed by atoms with Crippen molar-refractivity contribution in [1.29, 1.82) is 0 Å². The van der Waals surface area contributed by atoms with Gasteiger partial charge in [0.15, 0.2) is 0 Å². The molecule has 0 aromatic carbocycles. The Kier molecular flexibility index (Phi) is 3.42. The molecule has 4 nitrogen and oxygen atoms in total. The van der Waals surface area contributed by atoms with Gasteiger partial charge in [0.25, 0.3) is 0 Å². The second-order valence-corrected chi connectivity index (χ2v) is 5.33. The van der Waals surface area contributed by atoms with Crippen LogP contribution in [0.15, 0.2) is 22.7 Å². The number of hydrogen-bond donors (Lipinski definition) is 1. The van der Waals surface area contributed by atoms with Crippen LogP contribution in [0, 0.1) is 0 Å². The summed E-state index contributed by atoms with van der Waals surface area (Å²) in [7, 11) is 1.96. The van der Waals surface area contributed by atoms with Gasteiger partial charge in [-0.3, -0.25) is 4.68 Å². The van der Waals surface area contributed by atoms with Crippen molar-refractivity contribution in [1.82, 2.24) is 15.1 Å². The van der Waals surface area contributed by atoms with Crippen LogP contribution < -0.4 is 5.32 Å². The molecule has 0 amide bonds. The molecule has 2 aromatic heterocycles. The van der Waals surface area contributed by atoms with Crippen molar-refractivity contribution in [2.75, 3.05) is 0 Å². The van der Waals surface area contributed by atoms with Crippen molar-refractivity contribution in [3.63, 3.8) is 0 Å². The predicted molar refractivity (Wildman–Crippen MR) is 74.8 cm³/mol. The Morgan fingerprint density at radius 3 is 3.00 bits per heavy atom. The standard InChI is InChI=1S/C15H21N3O/c1-3-4-14-13(10-18(2)17-14)15-8-7-12(19-15)9-16-11-5-6-11/h7-8,10-11,16H,3-6,9H2,1-2H3. The number of nitrogens with one attached hydrogen (secondary N) is 1. The van der Waals surface area contributed by atoms with E-state index in [0.717, 1.165) is 42.2 Å². The van der Waals surface area contributed by atoms with Crippen LogP contribution in [0.5, 0.6) is 0 Å². The maximum absolute atomic E-state index is 5.93. The first-order valence-electron chi connectivity index (χ1n) is 7.11. The highest BCUT2D eigenvalue weighted by Gasteiger charge is 2.21. The number of aryl methyl sites for hydroxylation is 2. The normalized spacial score (nSPS) is 15.1. The molecule has 102 valence electrons. The van der Waals surface area contributed by atoms with E-state index in [0.29, 0.717) is 6.04 Å². The van der Waals surface area contributed by atoms with Crippen LogP contribution in [0.25, 0.3) is 11.3 Å². The smallest absolute Gasteiger partial charge is 0.137 e. The Morgan fingerprint density at radius 2 is 2.26 bits per heavy atom. The first-order chi connectivity index (χ1) is 9.26. The van der Waals surface area contributed by atoms with Crippen molar-refractivity contribution in [2.45, 2.75) is 45.2 Å². The Balaban J connectivity index is 1.76. The summed E-state index contributed by atoms with van der Waals surface area (Å²) < 4.78 is 7.80. The van der Waals surface area contributed by atoms with Gasteiger partial charge in [-0.05, 0) is 31.4 Å². The number of aromatic nitrogens is 2. The predicted octanol–water partition coefficient (Wildman–Crippen LogP) is 2.88. The lowest BCUT2D eigenvalue weighted by molar-refractivity contribution is 0.492. The molecule has 0 saturated heterocycles. The SMILES string of the molecule is CCCc1nn(C)cc1-c1ccc(CNC2CC2)o1. The summed E-state index contributed by atoms with van der Waals surface area (Å²) in [6.45, 7) is 3.00. The summed E-state index contributed by atoms with van der Waals surface area (Å²) in [5.74, 6) is 1.94. The van der Waals surface area contributed by atoms with Crippen LogP contribution in [0.3, 0.4) is 0 Å². The minimum Gasteiger partial charge on any atom is -0.460 e. The summed E-state index contributed by atoms with van der Waals surface area (Å²) in [4.78, 5) is 0. The van der Waals surface area contributed by atoms with Gasteiger partial charge in [-0.1, -0.05) is 13.3 Å². The second-order valence-electron chi connectivity index (χ2n) is 5.33. The molecule has 19 heavy (non-hydrogen) atoms. The van der Waals surface area contributed by atoms with Crippen LogP contribution >= 0.6 is 0 Å². The van der Waals surface area contributed by atoms with E-state index in [2.05, 4.69) is 29.5 Å². The van der Waals surface area contributed by atoms with Gasteiger partial charge >= 0.3 is 0 Å². The molecule has 1 fully saturated rings. The van der Waals surface area contributed by atoms with Crippen molar-refractivity contribution in [3.8, 4) is 11.3 Å². The molecule has 0 radical (unpaired) electrons. The number of rotatable bonds is 6. The molecule has 2 heterocycles. The van der Waals surface area contributed by atoms with Gasteiger partial charge in [-0.15, -0.1) is 0 Å². The van der Waals surface area contributed by atoms with E-state index in [9.17, 15) is 0 Å². The van der Waals surface area contributed by atoms with E-state index in [1.165, 1.54) is 12.8 Å². The quantitative estimate of drug-likeness (QED) is 0.867. The molecule has 0 aliphatic heterocycles. The van der Waals surface area contributed by atoms with Gasteiger partial charge in [-0.2, -0.15) is 5.10 Å². The fraction of sp³-hybridized carbons (Fsp3) is 0.533. The molecule has 2 aromatic rings. The van der Waals surface area contributed by atoms with Crippen LogP contribution in [-0.2, 0) is 20.0 Å². The average molecular weight is 259 g/mol. The lowest BCUT2D eigenvalue weighted by Crippen LogP contribution is -2.14. The van der Waals surface area contributed by atoms with Crippen molar-refractivity contribution in [2.24, 2.45) is 7.05 Å². The van der Waals surface area contributed by atoms with Crippen LogP contribution in [0.4, 0.5) is 0 Å². The summed E-state index contributed by atoms with van der Waals surface area (Å²) >= 11 is 0. The van der Waals surface area contributed by atoms with Crippen molar-refractivity contribution in [3.05, 3.63) is 29.8 Å².